The van der Waals surface area contributed by atoms with Gasteiger partial charge in [-0.1, -0.05) is 42.0 Å². The summed E-state index contributed by atoms with van der Waals surface area (Å²) in [6.45, 7) is 5.86. The van der Waals surface area contributed by atoms with Gasteiger partial charge in [0.15, 0.2) is 0 Å². The number of amides is 1. The van der Waals surface area contributed by atoms with Crippen molar-refractivity contribution in [2.45, 2.75) is 38.1 Å². The number of carbonyl (C=O) groups is 1. The number of nitrogens with zero attached hydrogens (tertiary/aromatic N) is 1. The maximum absolute atomic E-state index is 12.2. The van der Waals surface area contributed by atoms with Gasteiger partial charge >= 0.3 is 0 Å². The van der Waals surface area contributed by atoms with E-state index in [9.17, 15) is 4.79 Å². The smallest absolute Gasteiger partial charge is 0.230 e. The first-order chi connectivity index (χ1) is 15.1. The molecule has 5 nitrogen and oxygen atoms in total. The van der Waals surface area contributed by atoms with E-state index in [1.165, 1.54) is 11.1 Å². The summed E-state index contributed by atoms with van der Waals surface area (Å²) in [6, 6.07) is 17.0. The van der Waals surface area contributed by atoms with E-state index < -0.39 is 0 Å². The van der Waals surface area contributed by atoms with E-state index in [-0.39, 0.29) is 5.91 Å². The molecule has 0 radical (unpaired) electrons. The Labute approximate surface area is 190 Å². The molecule has 0 bridgehead atoms. The van der Waals surface area contributed by atoms with Crippen LogP contribution in [0, 0.1) is 6.92 Å². The number of nitrogens with one attached hydrogen (secondary N) is 1. The molecule has 1 saturated heterocycles. The summed E-state index contributed by atoms with van der Waals surface area (Å²) in [5, 5.41) is 3.01. The second kappa shape index (κ2) is 12.7. The van der Waals surface area contributed by atoms with Gasteiger partial charge in [-0.25, -0.2) is 0 Å². The standard InChI is InChI=1S/C25H34N2O3S/c1-20-5-3-7-22(15-20)18-31-19-25(28)26-17-21-6-4-8-24(16-21)30-14-11-27(2)23-9-12-29-13-10-23/h3-8,15-16,23H,9-14,17-19H2,1-2H3,(H,26,28). The lowest BCUT2D eigenvalue weighted by Crippen LogP contribution is -2.38. The highest BCUT2D eigenvalue weighted by Gasteiger charge is 2.17. The molecule has 0 aliphatic carbocycles. The normalized spacial score (nSPS) is 14.5. The van der Waals surface area contributed by atoms with E-state index in [2.05, 4.69) is 48.5 Å². The Balaban J connectivity index is 1.34. The first-order valence-corrected chi connectivity index (χ1v) is 12.2. The van der Waals surface area contributed by atoms with Crippen molar-refractivity contribution < 1.29 is 14.3 Å². The largest absolute Gasteiger partial charge is 0.492 e. The Bertz CT molecular complexity index is 824. The maximum atomic E-state index is 12.2. The third kappa shape index (κ3) is 8.56. The van der Waals surface area contributed by atoms with Gasteiger partial charge in [-0.2, -0.15) is 0 Å². The van der Waals surface area contributed by atoms with E-state index in [0.717, 1.165) is 49.7 Å². The van der Waals surface area contributed by atoms with Crippen molar-refractivity contribution in [3.8, 4) is 5.75 Å². The van der Waals surface area contributed by atoms with Crippen molar-refractivity contribution in [3.63, 3.8) is 0 Å². The maximum Gasteiger partial charge on any atom is 0.230 e. The lowest BCUT2D eigenvalue weighted by Gasteiger charge is -2.31. The lowest BCUT2D eigenvalue weighted by atomic mass is 10.1. The summed E-state index contributed by atoms with van der Waals surface area (Å²) in [5.41, 5.74) is 3.55. The molecule has 1 aliphatic heterocycles. The Morgan fingerprint density at radius 1 is 1.16 bits per heavy atom. The number of likely N-dealkylation sites (N-methyl/N-ethyl adjacent to an activating group) is 1. The molecular formula is C25H34N2O3S. The van der Waals surface area contributed by atoms with Gasteiger partial charge in [-0.15, -0.1) is 11.8 Å². The van der Waals surface area contributed by atoms with Crippen LogP contribution in [-0.4, -0.2) is 56.0 Å². The number of aryl methyl sites for hydroxylation is 1. The Morgan fingerprint density at radius 3 is 2.74 bits per heavy atom. The van der Waals surface area contributed by atoms with E-state index in [1.54, 1.807) is 11.8 Å². The fourth-order valence-electron chi connectivity index (χ4n) is 3.68. The summed E-state index contributed by atoms with van der Waals surface area (Å²) in [7, 11) is 2.16. The van der Waals surface area contributed by atoms with Crippen molar-refractivity contribution >= 4 is 17.7 Å². The monoisotopic (exact) mass is 442 g/mol. The predicted octanol–water partition coefficient (Wildman–Crippen LogP) is 4.03. The van der Waals surface area contributed by atoms with Gasteiger partial charge < -0.3 is 14.8 Å². The highest BCUT2D eigenvalue weighted by atomic mass is 32.2. The molecule has 31 heavy (non-hydrogen) atoms. The van der Waals surface area contributed by atoms with Crippen LogP contribution in [0.5, 0.6) is 5.75 Å². The van der Waals surface area contributed by atoms with Crippen LogP contribution in [0.1, 0.15) is 29.5 Å². The zero-order valence-electron chi connectivity index (χ0n) is 18.6. The highest BCUT2D eigenvalue weighted by Crippen LogP contribution is 2.16. The van der Waals surface area contributed by atoms with Crippen molar-refractivity contribution in [3.05, 3.63) is 65.2 Å². The van der Waals surface area contributed by atoms with Crippen LogP contribution in [0.25, 0.3) is 0 Å². The molecule has 6 heteroatoms. The summed E-state index contributed by atoms with van der Waals surface area (Å²) in [4.78, 5) is 14.5. The van der Waals surface area contributed by atoms with Crippen molar-refractivity contribution in [2.24, 2.45) is 0 Å². The molecule has 1 N–H and O–H groups in total. The van der Waals surface area contributed by atoms with Gasteiger partial charge in [0, 0.05) is 38.1 Å². The molecule has 0 aromatic heterocycles. The van der Waals surface area contributed by atoms with Gasteiger partial charge in [0.25, 0.3) is 0 Å². The predicted molar refractivity (Wildman–Crippen MR) is 128 cm³/mol. The number of hydrogen-bond acceptors (Lipinski definition) is 5. The first-order valence-electron chi connectivity index (χ1n) is 11.0. The van der Waals surface area contributed by atoms with Gasteiger partial charge in [0.2, 0.25) is 5.91 Å². The third-order valence-electron chi connectivity index (χ3n) is 5.50. The van der Waals surface area contributed by atoms with Crippen LogP contribution in [0.15, 0.2) is 48.5 Å². The molecule has 0 spiro atoms. The fourth-order valence-corrected chi connectivity index (χ4v) is 4.48. The number of carbonyl (C=O) groups excluding carboxylic acids is 1. The molecule has 1 aliphatic rings. The quantitative estimate of drug-likeness (QED) is 0.569. The zero-order chi connectivity index (χ0) is 21.9. The van der Waals surface area contributed by atoms with Gasteiger partial charge in [0.1, 0.15) is 12.4 Å². The first kappa shape index (κ1) is 23.6. The Kier molecular flexibility index (Phi) is 9.72. The number of thioether (sulfide) groups is 1. The van der Waals surface area contributed by atoms with Gasteiger partial charge in [-0.05, 0) is 50.1 Å². The summed E-state index contributed by atoms with van der Waals surface area (Å²) >= 11 is 1.64. The van der Waals surface area contributed by atoms with Crippen LogP contribution >= 0.6 is 11.8 Å². The van der Waals surface area contributed by atoms with Gasteiger partial charge in [0.05, 0.1) is 5.75 Å². The summed E-state index contributed by atoms with van der Waals surface area (Å²) in [6.07, 6.45) is 2.18. The molecule has 2 aromatic carbocycles. The average Bonchev–Trinajstić information content (AvgIpc) is 2.78. The van der Waals surface area contributed by atoms with Crippen LogP contribution in [-0.2, 0) is 21.8 Å². The average molecular weight is 443 g/mol. The molecule has 1 heterocycles. The highest BCUT2D eigenvalue weighted by molar-refractivity contribution is 7.99. The van der Waals surface area contributed by atoms with Crippen LogP contribution in [0.3, 0.4) is 0 Å². The molecule has 2 aromatic rings. The van der Waals surface area contributed by atoms with E-state index >= 15 is 0 Å². The number of rotatable bonds is 11. The number of benzene rings is 2. The molecule has 1 amide bonds. The molecule has 0 atom stereocenters. The topological polar surface area (TPSA) is 50.8 Å². The Hall–Kier alpha value is -2.02. The minimum absolute atomic E-state index is 0.0575. The van der Waals surface area contributed by atoms with Crippen molar-refractivity contribution in [1.82, 2.24) is 10.2 Å². The molecular weight excluding hydrogens is 408 g/mol. The zero-order valence-corrected chi connectivity index (χ0v) is 19.5. The van der Waals surface area contributed by atoms with E-state index in [4.69, 9.17) is 9.47 Å². The third-order valence-corrected chi connectivity index (χ3v) is 6.50. The summed E-state index contributed by atoms with van der Waals surface area (Å²) in [5.74, 6) is 2.21. The van der Waals surface area contributed by atoms with Crippen molar-refractivity contribution in [2.75, 3.05) is 39.2 Å². The van der Waals surface area contributed by atoms with Crippen molar-refractivity contribution in [1.29, 1.82) is 0 Å². The molecule has 0 unspecified atom stereocenters. The molecule has 1 fully saturated rings. The van der Waals surface area contributed by atoms with Crippen LogP contribution < -0.4 is 10.1 Å². The lowest BCUT2D eigenvalue weighted by molar-refractivity contribution is -0.118. The van der Waals surface area contributed by atoms with Crippen LogP contribution in [0.2, 0.25) is 0 Å². The molecule has 0 saturated carbocycles. The van der Waals surface area contributed by atoms with Gasteiger partial charge in [-0.3, -0.25) is 9.69 Å². The number of ether oxygens (including phenoxy) is 2. The molecule has 3 rings (SSSR count). The second-order valence-electron chi connectivity index (χ2n) is 8.08. The Morgan fingerprint density at radius 2 is 1.94 bits per heavy atom. The second-order valence-corrected chi connectivity index (χ2v) is 9.06. The minimum atomic E-state index is 0.0575. The minimum Gasteiger partial charge on any atom is -0.492 e. The van der Waals surface area contributed by atoms with Crippen LogP contribution in [0.4, 0.5) is 0 Å². The fraction of sp³-hybridized carbons (Fsp3) is 0.480. The van der Waals surface area contributed by atoms with E-state index in [1.807, 2.05) is 24.3 Å². The summed E-state index contributed by atoms with van der Waals surface area (Å²) < 4.78 is 11.4. The van der Waals surface area contributed by atoms with E-state index in [0.29, 0.717) is 24.9 Å². The SMILES string of the molecule is Cc1cccc(CSCC(=O)NCc2cccc(OCCN(C)C3CCOCC3)c2)c1. The molecule has 168 valence electrons. The number of hydrogen-bond donors (Lipinski definition) is 1.